The average Bonchev–Trinajstić information content (AvgIpc) is 3.75. The van der Waals surface area contributed by atoms with E-state index in [9.17, 15) is 0 Å². The molecule has 1 heterocycles. The molecule has 0 bridgehead atoms. The number of fused-ring (bicyclic) bond motifs is 3. The normalized spacial score (nSPS) is 11.2. The van der Waals surface area contributed by atoms with Crippen LogP contribution in [0.3, 0.4) is 0 Å². The van der Waals surface area contributed by atoms with E-state index in [0.717, 1.165) is 55.7 Å². The van der Waals surface area contributed by atoms with E-state index in [2.05, 4.69) is 248 Å². The van der Waals surface area contributed by atoms with Gasteiger partial charge in [-0.05, 0) is 104 Å². The molecule has 0 atom stereocenters. The molecule has 0 saturated heterocycles. The van der Waals surface area contributed by atoms with Crippen molar-refractivity contribution in [3.8, 4) is 66.8 Å². The zero-order valence-electron chi connectivity index (χ0n) is 34.0. The van der Waals surface area contributed by atoms with Gasteiger partial charge in [0.1, 0.15) is 11.2 Å². The lowest BCUT2D eigenvalue weighted by Crippen LogP contribution is -2.11. The van der Waals surface area contributed by atoms with Crippen molar-refractivity contribution in [2.75, 3.05) is 4.90 Å². The molecule has 2 nitrogen and oxygen atoms in total. The highest BCUT2D eigenvalue weighted by Crippen LogP contribution is 2.49. The fourth-order valence-corrected chi connectivity index (χ4v) is 8.93. The number of nitrogens with zero attached hydrogens (tertiary/aromatic N) is 1. The first kappa shape index (κ1) is 36.8. The van der Waals surface area contributed by atoms with Crippen LogP contribution in [0.15, 0.2) is 253 Å². The number of para-hydroxylation sites is 2. The summed E-state index contributed by atoms with van der Waals surface area (Å²) >= 11 is 0. The van der Waals surface area contributed by atoms with E-state index in [1.807, 2.05) is 6.07 Å². The predicted molar refractivity (Wildman–Crippen MR) is 261 cm³/mol. The summed E-state index contributed by atoms with van der Waals surface area (Å²) in [4.78, 5) is 2.42. The highest BCUT2D eigenvalue weighted by Gasteiger charge is 2.24. The first-order valence-corrected chi connectivity index (χ1v) is 21.2. The third kappa shape index (κ3) is 6.84. The van der Waals surface area contributed by atoms with Crippen LogP contribution >= 0.6 is 0 Å². The molecule has 2 heteroatoms. The molecule has 0 amide bonds. The second kappa shape index (κ2) is 16.1. The molecule has 0 N–H and O–H groups in total. The van der Waals surface area contributed by atoms with E-state index in [1.165, 1.54) is 50.1 Å². The molecular formula is C60H41NO. The van der Waals surface area contributed by atoms with Gasteiger partial charge in [0.15, 0.2) is 0 Å². The van der Waals surface area contributed by atoms with Crippen molar-refractivity contribution in [1.29, 1.82) is 0 Å². The molecule has 0 spiro atoms. The summed E-state index contributed by atoms with van der Waals surface area (Å²) in [5, 5.41) is 2.16. The van der Waals surface area contributed by atoms with Crippen LogP contribution in [0.2, 0.25) is 0 Å². The Morgan fingerprint density at radius 1 is 0.258 bits per heavy atom. The van der Waals surface area contributed by atoms with Crippen LogP contribution in [-0.4, -0.2) is 0 Å². The summed E-state index contributed by atoms with van der Waals surface area (Å²) in [7, 11) is 0. The number of hydrogen-bond donors (Lipinski definition) is 0. The maximum Gasteiger partial charge on any atom is 0.137 e. The summed E-state index contributed by atoms with van der Waals surface area (Å²) in [6.07, 6.45) is 0. The Bertz CT molecular complexity index is 3310. The lowest BCUT2D eigenvalue weighted by molar-refractivity contribution is 0.669. The third-order valence-corrected chi connectivity index (χ3v) is 11.9. The summed E-state index contributed by atoms with van der Waals surface area (Å²) in [5.74, 6) is 0. The van der Waals surface area contributed by atoms with Gasteiger partial charge in [-0.1, -0.05) is 206 Å². The third-order valence-electron chi connectivity index (χ3n) is 11.9. The zero-order valence-corrected chi connectivity index (χ0v) is 34.0. The minimum Gasteiger partial charge on any atom is -0.456 e. The first-order valence-electron chi connectivity index (χ1n) is 21.2. The second-order valence-electron chi connectivity index (χ2n) is 15.6. The van der Waals surface area contributed by atoms with Crippen LogP contribution in [0.1, 0.15) is 0 Å². The molecule has 0 radical (unpaired) electrons. The van der Waals surface area contributed by atoms with Gasteiger partial charge >= 0.3 is 0 Å². The lowest BCUT2D eigenvalue weighted by Gasteiger charge is -2.29. The SMILES string of the molecule is c1ccc(-c2ccc(-c3ccc(N(c4ccccc4-c4ccc(-c5ccccc5)cc4-c4ccccc4-c4ccccc4)c4cccc5oc6ccccc6c45)cc3)cc2)cc1. The van der Waals surface area contributed by atoms with E-state index in [4.69, 9.17) is 4.42 Å². The van der Waals surface area contributed by atoms with Gasteiger partial charge in [-0.2, -0.15) is 0 Å². The number of rotatable bonds is 9. The molecule has 0 aliphatic rings. The van der Waals surface area contributed by atoms with Crippen molar-refractivity contribution < 1.29 is 4.42 Å². The Kier molecular flexibility index (Phi) is 9.57. The Morgan fingerprint density at radius 2 is 0.710 bits per heavy atom. The fourth-order valence-electron chi connectivity index (χ4n) is 8.93. The topological polar surface area (TPSA) is 16.4 Å². The number of anilines is 3. The van der Waals surface area contributed by atoms with Crippen molar-refractivity contribution in [3.63, 3.8) is 0 Å². The molecule has 0 unspecified atom stereocenters. The maximum absolute atomic E-state index is 6.51. The highest BCUT2D eigenvalue weighted by atomic mass is 16.3. The molecule has 10 aromatic carbocycles. The highest BCUT2D eigenvalue weighted by molar-refractivity contribution is 6.14. The summed E-state index contributed by atoms with van der Waals surface area (Å²) in [6.45, 7) is 0. The zero-order chi connectivity index (χ0) is 41.2. The summed E-state index contributed by atoms with van der Waals surface area (Å²) in [6, 6.07) is 89.1. The van der Waals surface area contributed by atoms with Crippen LogP contribution in [-0.2, 0) is 0 Å². The minimum absolute atomic E-state index is 0.853. The molecule has 292 valence electrons. The van der Waals surface area contributed by atoms with E-state index < -0.39 is 0 Å². The average molecular weight is 792 g/mol. The number of furan rings is 1. The molecule has 11 aromatic rings. The summed E-state index contributed by atoms with van der Waals surface area (Å²) < 4.78 is 6.51. The smallest absolute Gasteiger partial charge is 0.137 e. The van der Waals surface area contributed by atoms with Gasteiger partial charge in [-0.15, -0.1) is 0 Å². The van der Waals surface area contributed by atoms with Gasteiger partial charge in [-0.25, -0.2) is 0 Å². The van der Waals surface area contributed by atoms with Gasteiger partial charge in [-0.3, -0.25) is 0 Å². The van der Waals surface area contributed by atoms with Crippen LogP contribution in [0.25, 0.3) is 88.7 Å². The van der Waals surface area contributed by atoms with Crippen molar-refractivity contribution >= 4 is 39.0 Å². The number of hydrogen-bond acceptors (Lipinski definition) is 2. The van der Waals surface area contributed by atoms with Gasteiger partial charge in [0.25, 0.3) is 0 Å². The monoisotopic (exact) mass is 791 g/mol. The molecular weight excluding hydrogens is 751 g/mol. The quantitative estimate of drug-likeness (QED) is 0.145. The predicted octanol–water partition coefficient (Wildman–Crippen LogP) is 17.1. The standard InChI is InChI=1S/C60H41NO/c1-4-17-42(18-5-1)44-31-33-45(34-32-44)46-35-38-49(39-36-46)61(57-28-16-30-59-60(57)54-26-13-15-29-58(54)62-59)56-27-14-12-25-53(56)52-40-37-48(43-19-6-2-7-20-43)41-55(52)51-24-11-10-23-50(51)47-21-8-3-9-22-47/h1-41H. The van der Waals surface area contributed by atoms with Crippen LogP contribution in [0.4, 0.5) is 17.1 Å². The van der Waals surface area contributed by atoms with E-state index in [1.54, 1.807) is 0 Å². The Morgan fingerprint density at radius 3 is 1.39 bits per heavy atom. The molecule has 0 fully saturated rings. The van der Waals surface area contributed by atoms with Crippen LogP contribution in [0.5, 0.6) is 0 Å². The van der Waals surface area contributed by atoms with Crippen LogP contribution < -0.4 is 4.90 Å². The van der Waals surface area contributed by atoms with Gasteiger partial charge in [0.2, 0.25) is 0 Å². The van der Waals surface area contributed by atoms with Crippen molar-refractivity contribution in [2.45, 2.75) is 0 Å². The number of benzene rings is 10. The molecule has 1 aromatic heterocycles. The minimum atomic E-state index is 0.853. The first-order chi connectivity index (χ1) is 30.8. The van der Waals surface area contributed by atoms with Gasteiger partial charge < -0.3 is 9.32 Å². The largest absolute Gasteiger partial charge is 0.456 e. The van der Waals surface area contributed by atoms with Crippen LogP contribution in [0, 0.1) is 0 Å². The molecule has 62 heavy (non-hydrogen) atoms. The molecule has 0 aliphatic heterocycles. The fraction of sp³-hybridized carbons (Fsp3) is 0. The van der Waals surface area contributed by atoms with Crippen molar-refractivity contribution in [3.05, 3.63) is 249 Å². The van der Waals surface area contributed by atoms with Gasteiger partial charge in [0.05, 0.1) is 16.8 Å². The van der Waals surface area contributed by atoms with Gasteiger partial charge in [0, 0.05) is 16.6 Å². The van der Waals surface area contributed by atoms with Crippen molar-refractivity contribution in [2.24, 2.45) is 0 Å². The Balaban J connectivity index is 1.11. The molecule has 11 rings (SSSR count). The summed E-state index contributed by atoms with van der Waals surface area (Å²) in [5.41, 5.74) is 19.0. The lowest BCUT2D eigenvalue weighted by atomic mass is 9.86. The van der Waals surface area contributed by atoms with E-state index in [0.29, 0.717) is 0 Å². The van der Waals surface area contributed by atoms with Crippen molar-refractivity contribution in [1.82, 2.24) is 0 Å². The molecule has 0 aliphatic carbocycles. The van der Waals surface area contributed by atoms with E-state index in [-0.39, 0.29) is 0 Å². The second-order valence-corrected chi connectivity index (χ2v) is 15.6. The molecule has 0 saturated carbocycles. The maximum atomic E-state index is 6.51. The van der Waals surface area contributed by atoms with E-state index >= 15 is 0 Å². The Hall–Kier alpha value is -8.20. The Labute approximate surface area is 362 Å².